The van der Waals surface area contributed by atoms with Crippen LogP contribution in [-0.4, -0.2) is 156 Å². The molecule has 92 heavy (non-hydrogen) atoms. The summed E-state index contributed by atoms with van der Waals surface area (Å²) in [5.41, 5.74) is 34.5. The van der Waals surface area contributed by atoms with E-state index in [0.717, 1.165) is 0 Å². The molecule has 5 atom stereocenters. The SMILES string of the molecule is COc1ccc(NC(=O)[C@H](CCCCN)NC(=O)c2cc(NC(=O)[C@H](CCCCN)NC(=O)c3cc(NC(=O)[C@H](CCCCN)NC(=O)c4cc(NC(=O)C(N)CCCCN)ccc4OC)ccc3OC)ccc2OC)cc1C(=O)NC(CCCNC(N)=O)C(=O)O. The van der Waals surface area contributed by atoms with Crippen molar-refractivity contribution in [1.29, 1.82) is 0 Å². The van der Waals surface area contributed by atoms with Gasteiger partial charge in [-0.3, -0.25) is 38.4 Å². The van der Waals surface area contributed by atoms with Crippen molar-refractivity contribution in [2.45, 2.75) is 120 Å². The second-order valence-corrected chi connectivity index (χ2v) is 21.2. The first-order valence-electron chi connectivity index (χ1n) is 30.2. The fourth-order valence-corrected chi connectivity index (χ4v) is 9.42. The predicted molar refractivity (Wildman–Crippen MR) is 346 cm³/mol. The molecule has 30 heteroatoms. The topological polar surface area (TPSA) is 492 Å². The maximum atomic E-state index is 14.3. The molecule has 4 rings (SSSR count). The molecule has 0 saturated carbocycles. The van der Waals surface area contributed by atoms with Crippen LogP contribution in [0.2, 0.25) is 0 Å². The number of ether oxygens (including phenoxy) is 4. The van der Waals surface area contributed by atoms with Gasteiger partial charge in [-0.1, -0.05) is 6.42 Å². The monoisotopic (exact) mass is 1280 g/mol. The number of benzene rings is 4. The van der Waals surface area contributed by atoms with E-state index in [1.165, 1.54) is 95.2 Å². The number of urea groups is 1. The first-order valence-corrected chi connectivity index (χ1v) is 30.2. The number of rotatable bonds is 41. The molecule has 0 heterocycles. The maximum absolute atomic E-state index is 14.3. The van der Waals surface area contributed by atoms with E-state index < -0.39 is 89.5 Å². The Morgan fingerprint density at radius 3 is 0.935 bits per heavy atom. The molecule has 0 aliphatic heterocycles. The van der Waals surface area contributed by atoms with Crippen LogP contribution in [0.3, 0.4) is 0 Å². The van der Waals surface area contributed by atoms with Crippen LogP contribution < -0.4 is 101 Å². The standard InChI is InChI=1S/C62H89N15O15/c1-89-49-23-19-36(70-57(82)44(67)14-5-9-27-63)32-40(49)53(78)74-45(15-6-10-28-64)58(83)71-37-20-24-50(90-2)41(33-37)54(79)75-46(16-7-11-29-65)59(84)72-38-21-25-51(91-3)42(34-38)55(80)76-47(17-8-12-30-66)60(85)73-39-22-26-52(92-4)43(35-39)56(81)77-48(61(86)87)18-13-31-69-62(68)88/h19-26,32-35,44-48H,5-18,27-31,63-67H2,1-4H3,(H,70,82)(H,71,83)(H,72,84)(H,73,85)(H,74,78)(H,75,79)(H,76,80)(H,77,81)(H,86,87)(H3,68,69,88)/t44?,45-,46-,47-,48?/m0/s1. The molecule has 0 bridgehead atoms. The fourth-order valence-electron chi connectivity index (χ4n) is 9.42. The van der Waals surface area contributed by atoms with Crippen LogP contribution in [0.25, 0.3) is 0 Å². The number of nitrogens with one attached hydrogen (secondary N) is 9. The largest absolute Gasteiger partial charge is 0.496 e. The van der Waals surface area contributed by atoms with Gasteiger partial charge in [-0.2, -0.15) is 0 Å². The van der Waals surface area contributed by atoms with Crippen molar-refractivity contribution < 1.29 is 72.0 Å². The smallest absolute Gasteiger partial charge is 0.326 e. The summed E-state index contributed by atoms with van der Waals surface area (Å²) in [5.74, 6) is -6.57. The molecule has 0 saturated heterocycles. The average Bonchev–Trinajstić information content (AvgIpc) is 1.37. The molecular formula is C62H89N15O15. The van der Waals surface area contributed by atoms with Crippen LogP contribution in [0.15, 0.2) is 72.8 Å². The number of carbonyl (C=O) groups is 10. The zero-order chi connectivity index (χ0) is 67.7. The first-order chi connectivity index (χ1) is 44.1. The fraction of sp³-hybridized carbons (Fsp3) is 0.452. The Kier molecular flexibility index (Phi) is 32.1. The number of anilines is 4. The van der Waals surface area contributed by atoms with Gasteiger partial charge in [0.2, 0.25) is 23.6 Å². The summed E-state index contributed by atoms with van der Waals surface area (Å²) in [6.45, 7) is 1.42. The van der Waals surface area contributed by atoms with Crippen molar-refractivity contribution in [3.05, 3.63) is 95.1 Å². The summed E-state index contributed by atoms with van der Waals surface area (Å²) in [4.78, 5) is 135. The van der Waals surface area contributed by atoms with Gasteiger partial charge in [-0.15, -0.1) is 0 Å². The molecule has 22 N–H and O–H groups in total. The van der Waals surface area contributed by atoms with Gasteiger partial charge in [-0.05, 0) is 182 Å². The second-order valence-electron chi connectivity index (χ2n) is 21.2. The van der Waals surface area contributed by atoms with Gasteiger partial charge in [0.25, 0.3) is 23.6 Å². The lowest BCUT2D eigenvalue weighted by atomic mass is 10.1. The lowest BCUT2D eigenvalue weighted by molar-refractivity contribution is -0.139. The number of carboxylic acid groups (broad SMARTS) is 1. The molecule has 0 radical (unpaired) electrons. The molecule has 502 valence electrons. The van der Waals surface area contributed by atoms with Gasteiger partial charge in [-0.25, -0.2) is 9.59 Å². The van der Waals surface area contributed by atoms with Crippen LogP contribution >= 0.6 is 0 Å². The Labute approximate surface area is 533 Å². The third kappa shape index (κ3) is 24.0. The Balaban J connectivity index is 1.55. The number of hydrogen-bond donors (Lipinski definition) is 16. The lowest BCUT2D eigenvalue weighted by Crippen LogP contribution is -2.44. The minimum atomic E-state index is -1.36. The van der Waals surface area contributed by atoms with Crippen molar-refractivity contribution >= 4 is 82.0 Å². The molecule has 4 aromatic carbocycles. The molecule has 0 aliphatic carbocycles. The van der Waals surface area contributed by atoms with Crippen molar-refractivity contribution in [2.24, 2.45) is 34.4 Å². The molecule has 0 spiro atoms. The molecule has 0 aromatic heterocycles. The van der Waals surface area contributed by atoms with Gasteiger partial charge >= 0.3 is 12.0 Å². The van der Waals surface area contributed by atoms with Crippen LogP contribution in [0.5, 0.6) is 23.0 Å². The number of methoxy groups -OCH3 is 4. The van der Waals surface area contributed by atoms with Gasteiger partial charge in [0.05, 0.1) is 56.7 Å². The summed E-state index contributed by atoms with van der Waals surface area (Å²) in [5, 5.41) is 33.8. The Morgan fingerprint density at radius 2 is 0.663 bits per heavy atom. The van der Waals surface area contributed by atoms with Crippen molar-refractivity contribution in [1.82, 2.24) is 26.6 Å². The van der Waals surface area contributed by atoms with Crippen LogP contribution in [0, 0.1) is 0 Å². The van der Waals surface area contributed by atoms with E-state index in [1.54, 1.807) is 6.07 Å². The highest BCUT2D eigenvalue weighted by molar-refractivity contribution is 6.08. The number of carboxylic acids is 1. The minimum Gasteiger partial charge on any atom is -0.496 e. The van der Waals surface area contributed by atoms with Crippen LogP contribution in [0.4, 0.5) is 27.5 Å². The Morgan fingerprint density at radius 1 is 0.391 bits per heavy atom. The predicted octanol–water partition coefficient (Wildman–Crippen LogP) is 2.35. The number of hydrogen-bond acceptors (Lipinski definition) is 19. The Hall–Kier alpha value is -9.62. The van der Waals surface area contributed by atoms with E-state index in [-0.39, 0.29) is 120 Å². The van der Waals surface area contributed by atoms with E-state index in [0.29, 0.717) is 70.9 Å². The van der Waals surface area contributed by atoms with E-state index in [4.69, 9.17) is 53.3 Å². The maximum Gasteiger partial charge on any atom is 0.326 e. The highest BCUT2D eigenvalue weighted by atomic mass is 16.5. The summed E-state index contributed by atoms with van der Waals surface area (Å²) in [6, 6.07) is 10.5. The normalized spacial score (nSPS) is 12.4. The highest BCUT2D eigenvalue weighted by Gasteiger charge is 2.30. The van der Waals surface area contributed by atoms with Gasteiger partial charge in [0, 0.05) is 29.3 Å². The second kappa shape index (κ2) is 39.5. The van der Waals surface area contributed by atoms with Crippen molar-refractivity contribution in [3.8, 4) is 23.0 Å². The molecule has 4 aromatic rings. The van der Waals surface area contributed by atoms with E-state index in [9.17, 15) is 53.1 Å². The first kappa shape index (κ1) is 74.8. The van der Waals surface area contributed by atoms with Gasteiger partial charge in [0.1, 0.15) is 47.2 Å². The van der Waals surface area contributed by atoms with Crippen molar-refractivity contribution in [2.75, 3.05) is 82.4 Å². The van der Waals surface area contributed by atoms with Crippen LogP contribution in [-0.2, 0) is 24.0 Å². The molecule has 0 aliphatic rings. The summed E-state index contributed by atoms with van der Waals surface area (Å²) < 4.78 is 21.9. The van der Waals surface area contributed by atoms with E-state index in [2.05, 4.69) is 47.9 Å². The van der Waals surface area contributed by atoms with Crippen LogP contribution in [0.1, 0.15) is 131 Å². The minimum absolute atomic E-state index is 0.0173. The summed E-state index contributed by atoms with van der Waals surface area (Å²) in [7, 11) is 5.31. The van der Waals surface area contributed by atoms with E-state index >= 15 is 0 Å². The molecule has 0 fully saturated rings. The molecule has 10 amide bonds. The quantitative estimate of drug-likeness (QED) is 0.0284. The molecular weight excluding hydrogens is 1190 g/mol. The Bertz CT molecular complexity index is 3170. The van der Waals surface area contributed by atoms with Gasteiger partial charge in [0.15, 0.2) is 0 Å². The average molecular weight is 1280 g/mol. The highest BCUT2D eigenvalue weighted by Crippen LogP contribution is 2.28. The summed E-state index contributed by atoms with van der Waals surface area (Å²) in [6.07, 6.45) is 4.97. The van der Waals surface area contributed by atoms with E-state index in [1.807, 2.05) is 0 Å². The molecule has 30 nitrogen and oxygen atoms in total. The number of primary amides is 1. The zero-order valence-corrected chi connectivity index (χ0v) is 52.4. The van der Waals surface area contributed by atoms with Gasteiger partial charge < -0.3 is 106 Å². The lowest BCUT2D eigenvalue weighted by Gasteiger charge is -2.22. The third-order valence-electron chi connectivity index (χ3n) is 14.4. The summed E-state index contributed by atoms with van der Waals surface area (Å²) >= 11 is 0. The zero-order valence-electron chi connectivity index (χ0n) is 52.4. The number of amides is 10. The molecule has 2 unspecified atom stereocenters. The number of nitrogens with two attached hydrogens (primary N) is 6. The van der Waals surface area contributed by atoms with Crippen molar-refractivity contribution in [3.63, 3.8) is 0 Å². The number of carbonyl (C=O) groups excluding carboxylic acids is 9. The third-order valence-corrected chi connectivity index (χ3v) is 14.4. The number of aliphatic carboxylic acids is 1. The number of unbranched alkanes of at least 4 members (excludes halogenated alkanes) is 4.